The molecule has 1 aromatic heterocycles. The minimum atomic E-state index is 0. The maximum Gasteiger partial charge on any atom is 0.165 e. The van der Waals surface area contributed by atoms with Gasteiger partial charge in [-0.25, -0.2) is 4.98 Å². The highest BCUT2D eigenvalue weighted by atomic mass is 35.5. The van der Waals surface area contributed by atoms with Crippen molar-refractivity contribution in [2.75, 3.05) is 5.75 Å². The molecule has 0 aliphatic heterocycles. The van der Waals surface area contributed by atoms with E-state index in [2.05, 4.69) is 16.9 Å². The van der Waals surface area contributed by atoms with Gasteiger partial charge >= 0.3 is 0 Å². The quantitative estimate of drug-likeness (QED) is 0.632. The predicted octanol–water partition coefficient (Wildman–Crippen LogP) is 3.07. The number of aromatic amines is 1. The van der Waals surface area contributed by atoms with E-state index in [0.29, 0.717) is 5.88 Å². The molecule has 0 aromatic carbocycles. The number of rotatable bonds is 4. The van der Waals surface area contributed by atoms with Crippen LogP contribution in [-0.4, -0.2) is 15.7 Å². The Morgan fingerprint density at radius 2 is 2.42 bits per heavy atom. The molecule has 0 aliphatic carbocycles. The third kappa shape index (κ3) is 3.70. The molecule has 70 valence electrons. The van der Waals surface area contributed by atoms with Gasteiger partial charge in [0.25, 0.3) is 0 Å². The molecule has 0 aliphatic rings. The normalized spacial score (nSPS) is 9.50. The Balaban J connectivity index is 0.00000121. The highest BCUT2D eigenvalue weighted by molar-refractivity contribution is 7.99. The van der Waals surface area contributed by atoms with E-state index in [1.807, 2.05) is 0 Å². The van der Waals surface area contributed by atoms with Crippen molar-refractivity contribution in [3.63, 3.8) is 0 Å². The van der Waals surface area contributed by atoms with Crippen LogP contribution in [0, 0.1) is 0 Å². The fourth-order valence-electron chi connectivity index (χ4n) is 0.678. The summed E-state index contributed by atoms with van der Waals surface area (Å²) in [5, 5.41) is 0.975. The fraction of sp³-hybridized carbons (Fsp3) is 0.571. The summed E-state index contributed by atoms with van der Waals surface area (Å²) in [7, 11) is 0. The van der Waals surface area contributed by atoms with Gasteiger partial charge in [-0.1, -0.05) is 18.7 Å². The number of thioether (sulfide) groups is 1. The minimum Gasteiger partial charge on any atom is -0.336 e. The van der Waals surface area contributed by atoms with Gasteiger partial charge in [0.05, 0.1) is 17.8 Å². The molecule has 1 heterocycles. The van der Waals surface area contributed by atoms with Crippen LogP contribution in [-0.2, 0) is 5.88 Å². The number of aromatic nitrogens is 2. The van der Waals surface area contributed by atoms with Crippen molar-refractivity contribution in [1.29, 1.82) is 0 Å². The zero-order chi connectivity index (χ0) is 8.10. The topological polar surface area (TPSA) is 28.7 Å². The van der Waals surface area contributed by atoms with Crippen molar-refractivity contribution in [1.82, 2.24) is 9.97 Å². The van der Waals surface area contributed by atoms with Crippen molar-refractivity contribution < 1.29 is 0 Å². The van der Waals surface area contributed by atoms with E-state index in [0.717, 1.165) is 16.6 Å². The highest BCUT2D eigenvalue weighted by Gasteiger charge is 1.97. The van der Waals surface area contributed by atoms with Crippen molar-refractivity contribution in [3.8, 4) is 0 Å². The third-order valence-electron chi connectivity index (χ3n) is 1.19. The van der Waals surface area contributed by atoms with E-state index in [-0.39, 0.29) is 12.4 Å². The number of nitrogens with zero attached hydrogens (tertiary/aromatic N) is 1. The average molecular weight is 227 g/mol. The van der Waals surface area contributed by atoms with E-state index < -0.39 is 0 Å². The molecule has 1 N–H and O–H groups in total. The van der Waals surface area contributed by atoms with Gasteiger partial charge in [-0.2, -0.15) is 0 Å². The molecule has 0 spiro atoms. The summed E-state index contributed by atoms with van der Waals surface area (Å²) < 4.78 is 0. The second-order valence-corrected chi connectivity index (χ2v) is 3.55. The van der Waals surface area contributed by atoms with Crippen LogP contribution in [0.25, 0.3) is 0 Å². The predicted molar refractivity (Wildman–Crippen MR) is 56.4 cm³/mol. The van der Waals surface area contributed by atoms with Gasteiger partial charge in [0.1, 0.15) is 0 Å². The Bertz CT molecular complexity index is 215. The lowest BCUT2D eigenvalue weighted by Gasteiger charge is -1.91. The van der Waals surface area contributed by atoms with Crippen LogP contribution in [0.5, 0.6) is 0 Å². The SMILES string of the molecule is CCCSc1ncc(CCl)[nH]1.Cl. The van der Waals surface area contributed by atoms with Crippen molar-refractivity contribution in [2.24, 2.45) is 0 Å². The van der Waals surface area contributed by atoms with E-state index in [9.17, 15) is 0 Å². The molecule has 0 radical (unpaired) electrons. The Morgan fingerprint density at radius 1 is 1.67 bits per heavy atom. The monoisotopic (exact) mass is 226 g/mol. The molecule has 0 saturated carbocycles. The molecule has 12 heavy (non-hydrogen) atoms. The summed E-state index contributed by atoms with van der Waals surface area (Å²) in [5.74, 6) is 1.62. The van der Waals surface area contributed by atoms with Crippen LogP contribution in [0.2, 0.25) is 0 Å². The van der Waals surface area contributed by atoms with Crippen LogP contribution in [0.15, 0.2) is 11.4 Å². The molecule has 0 unspecified atom stereocenters. The maximum atomic E-state index is 5.59. The van der Waals surface area contributed by atoms with Crippen molar-refractivity contribution >= 4 is 35.8 Å². The number of hydrogen-bond donors (Lipinski definition) is 1. The van der Waals surface area contributed by atoms with E-state index >= 15 is 0 Å². The summed E-state index contributed by atoms with van der Waals surface area (Å²) in [5.41, 5.74) is 0.991. The number of nitrogens with one attached hydrogen (secondary N) is 1. The number of H-pyrrole nitrogens is 1. The summed E-state index contributed by atoms with van der Waals surface area (Å²) >= 11 is 7.33. The van der Waals surface area contributed by atoms with Crippen LogP contribution >= 0.6 is 35.8 Å². The molecule has 0 bridgehead atoms. The number of hydrogen-bond acceptors (Lipinski definition) is 2. The molecule has 5 heteroatoms. The Morgan fingerprint density at radius 3 is 2.92 bits per heavy atom. The molecule has 1 rings (SSSR count). The second kappa shape index (κ2) is 6.63. The standard InChI is InChI=1S/C7H11ClN2S.ClH/c1-2-3-11-7-9-5-6(4-8)10-7;/h5H,2-4H2,1H3,(H,9,10);1H. The van der Waals surface area contributed by atoms with Crippen molar-refractivity contribution in [2.45, 2.75) is 24.4 Å². The Hall–Kier alpha value is 0.140. The van der Waals surface area contributed by atoms with E-state index in [4.69, 9.17) is 11.6 Å². The van der Waals surface area contributed by atoms with Crippen molar-refractivity contribution in [3.05, 3.63) is 11.9 Å². The van der Waals surface area contributed by atoms with Gasteiger partial charge in [-0.15, -0.1) is 24.0 Å². The third-order valence-corrected chi connectivity index (χ3v) is 2.57. The fourth-order valence-corrected chi connectivity index (χ4v) is 1.54. The second-order valence-electron chi connectivity index (χ2n) is 2.20. The summed E-state index contributed by atoms with van der Waals surface area (Å²) in [6.07, 6.45) is 2.95. The van der Waals surface area contributed by atoms with Crippen LogP contribution in [0.4, 0.5) is 0 Å². The summed E-state index contributed by atoms with van der Waals surface area (Å²) in [6, 6.07) is 0. The molecule has 0 saturated heterocycles. The summed E-state index contributed by atoms with van der Waals surface area (Å²) in [4.78, 5) is 7.27. The first kappa shape index (κ1) is 12.1. The lowest BCUT2D eigenvalue weighted by molar-refractivity contribution is 1.02. The van der Waals surface area contributed by atoms with Crippen LogP contribution in [0.3, 0.4) is 0 Å². The molecule has 0 amide bonds. The maximum absolute atomic E-state index is 5.59. The smallest absolute Gasteiger partial charge is 0.165 e. The zero-order valence-corrected chi connectivity index (χ0v) is 9.23. The number of imidazole rings is 1. The number of alkyl halides is 1. The van der Waals surface area contributed by atoms with Crippen LogP contribution in [0.1, 0.15) is 19.0 Å². The first-order chi connectivity index (χ1) is 5.36. The molecular weight excluding hydrogens is 215 g/mol. The first-order valence-corrected chi connectivity index (χ1v) is 5.11. The minimum absolute atomic E-state index is 0. The average Bonchev–Trinajstić information content (AvgIpc) is 2.48. The van der Waals surface area contributed by atoms with Crippen LogP contribution < -0.4 is 0 Å². The van der Waals surface area contributed by atoms with Gasteiger partial charge in [-0.3, -0.25) is 0 Å². The molecular formula is C7H12Cl2N2S. The Kier molecular flexibility index (Phi) is 6.71. The first-order valence-electron chi connectivity index (χ1n) is 3.59. The van der Waals surface area contributed by atoms with Gasteiger partial charge in [0.2, 0.25) is 0 Å². The largest absolute Gasteiger partial charge is 0.336 e. The molecule has 1 aromatic rings. The van der Waals surface area contributed by atoms with Gasteiger partial charge in [0, 0.05) is 5.75 Å². The highest BCUT2D eigenvalue weighted by Crippen LogP contribution is 2.14. The van der Waals surface area contributed by atoms with Gasteiger partial charge in [0.15, 0.2) is 5.16 Å². The molecule has 0 fully saturated rings. The summed E-state index contributed by atoms with van der Waals surface area (Å²) in [6.45, 7) is 2.15. The van der Waals surface area contributed by atoms with Gasteiger partial charge < -0.3 is 4.98 Å². The van der Waals surface area contributed by atoms with Gasteiger partial charge in [-0.05, 0) is 6.42 Å². The zero-order valence-electron chi connectivity index (χ0n) is 6.84. The number of halogens is 2. The Labute approximate surface area is 87.9 Å². The lowest BCUT2D eigenvalue weighted by atomic mass is 10.6. The molecule has 2 nitrogen and oxygen atoms in total. The lowest BCUT2D eigenvalue weighted by Crippen LogP contribution is -1.79. The van der Waals surface area contributed by atoms with E-state index in [1.165, 1.54) is 6.42 Å². The molecule has 0 atom stereocenters. The van der Waals surface area contributed by atoms with E-state index in [1.54, 1.807) is 18.0 Å².